The normalized spacial score (nSPS) is 20.5. The molecule has 1 N–H and O–H groups in total. The summed E-state index contributed by atoms with van der Waals surface area (Å²) < 4.78 is 13.2. The summed E-state index contributed by atoms with van der Waals surface area (Å²) in [5.74, 6) is -0.599. The summed E-state index contributed by atoms with van der Waals surface area (Å²) in [7, 11) is 0. The Morgan fingerprint density at radius 3 is 2.67 bits per heavy atom. The lowest BCUT2D eigenvalue weighted by Crippen LogP contribution is -2.13. The second-order valence-electron chi connectivity index (χ2n) is 3.49. The molecule has 2 rings (SSSR count). The Morgan fingerprint density at radius 2 is 2.07 bits per heavy atom. The van der Waals surface area contributed by atoms with Crippen LogP contribution >= 0.6 is 23.2 Å². The first-order valence-corrected chi connectivity index (χ1v) is 5.24. The number of carbonyl (C=O) groups excluding carboxylic acids is 1. The Morgan fingerprint density at radius 1 is 1.33 bits per heavy atom. The Kier molecular flexibility index (Phi) is 2.85. The van der Waals surface area contributed by atoms with Gasteiger partial charge in [0.1, 0.15) is 5.82 Å². The van der Waals surface area contributed by atoms with Crippen LogP contribution in [0.1, 0.15) is 17.9 Å². The molecule has 1 aliphatic rings. The summed E-state index contributed by atoms with van der Waals surface area (Å²) >= 11 is 11.5. The number of benzene rings is 1. The maximum Gasteiger partial charge on any atom is 0.220 e. The lowest BCUT2D eigenvalue weighted by atomic mass is 9.98. The Bertz CT molecular complexity index is 422. The minimum atomic E-state index is -0.504. The first-order chi connectivity index (χ1) is 7.08. The van der Waals surface area contributed by atoms with Crippen molar-refractivity contribution in [1.82, 2.24) is 5.32 Å². The standard InChI is InChI=1S/C10H8Cl2FNO/c11-7-3-8(12)9(13)2-6(7)5-1-10(15)14-4-5/h2-3,5H,1,4H2,(H,14,15). The van der Waals surface area contributed by atoms with Crippen molar-refractivity contribution in [2.45, 2.75) is 12.3 Å². The maximum absolute atomic E-state index is 13.2. The van der Waals surface area contributed by atoms with Crippen molar-refractivity contribution in [2.24, 2.45) is 0 Å². The molecule has 0 bridgehead atoms. The molecular weight excluding hydrogens is 240 g/mol. The van der Waals surface area contributed by atoms with Gasteiger partial charge in [0.15, 0.2) is 0 Å². The summed E-state index contributed by atoms with van der Waals surface area (Å²) in [4.78, 5) is 11.0. The number of rotatable bonds is 1. The van der Waals surface area contributed by atoms with Crippen molar-refractivity contribution in [2.75, 3.05) is 6.54 Å². The Hall–Kier alpha value is -0.800. The fourth-order valence-corrected chi connectivity index (χ4v) is 2.21. The summed E-state index contributed by atoms with van der Waals surface area (Å²) in [6.07, 6.45) is 0.348. The number of hydrogen-bond acceptors (Lipinski definition) is 1. The van der Waals surface area contributed by atoms with E-state index in [0.717, 1.165) is 0 Å². The molecule has 1 heterocycles. The van der Waals surface area contributed by atoms with Crippen LogP contribution in [0.5, 0.6) is 0 Å². The summed E-state index contributed by atoms with van der Waals surface area (Å²) in [5, 5.41) is 3.08. The number of halogens is 3. The molecule has 1 aromatic carbocycles. The van der Waals surface area contributed by atoms with Gasteiger partial charge >= 0.3 is 0 Å². The molecule has 15 heavy (non-hydrogen) atoms. The topological polar surface area (TPSA) is 29.1 Å². The highest BCUT2D eigenvalue weighted by atomic mass is 35.5. The molecule has 0 saturated carbocycles. The third-order valence-electron chi connectivity index (χ3n) is 2.46. The summed E-state index contributed by atoms with van der Waals surface area (Å²) in [6.45, 7) is 0.500. The maximum atomic E-state index is 13.2. The molecule has 5 heteroatoms. The molecule has 1 fully saturated rings. The zero-order chi connectivity index (χ0) is 11.0. The summed E-state index contributed by atoms with van der Waals surface area (Å²) in [6, 6.07) is 2.67. The molecule has 1 saturated heterocycles. The van der Waals surface area contributed by atoms with Crippen LogP contribution in [0.2, 0.25) is 10.0 Å². The molecule has 80 valence electrons. The fraction of sp³-hybridized carbons (Fsp3) is 0.300. The molecular formula is C10H8Cl2FNO. The average Bonchev–Trinajstić information content (AvgIpc) is 2.58. The SMILES string of the molecule is O=C1CC(c2cc(F)c(Cl)cc2Cl)CN1. The van der Waals surface area contributed by atoms with Crippen LogP contribution in [0.4, 0.5) is 4.39 Å². The average molecular weight is 248 g/mol. The van der Waals surface area contributed by atoms with Gasteiger partial charge in [0.2, 0.25) is 5.91 Å². The van der Waals surface area contributed by atoms with Crippen LogP contribution in [-0.2, 0) is 4.79 Å². The van der Waals surface area contributed by atoms with Crippen molar-refractivity contribution in [3.8, 4) is 0 Å². The highest BCUT2D eigenvalue weighted by molar-refractivity contribution is 6.35. The highest BCUT2D eigenvalue weighted by Crippen LogP contribution is 2.32. The Balaban J connectivity index is 2.36. The number of nitrogens with one attached hydrogen (secondary N) is 1. The molecule has 0 spiro atoms. The van der Waals surface area contributed by atoms with Crippen LogP contribution in [0.3, 0.4) is 0 Å². The third-order valence-corrected chi connectivity index (χ3v) is 3.07. The minimum absolute atomic E-state index is 0.000956. The molecule has 0 radical (unpaired) electrons. The minimum Gasteiger partial charge on any atom is -0.355 e. The van der Waals surface area contributed by atoms with Gasteiger partial charge in [-0.25, -0.2) is 4.39 Å². The molecule has 1 aliphatic heterocycles. The smallest absolute Gasteiger partial charge is 0.220 e. The number of carbonyl (C=O) groups is 1. The molecule has 2 nitrogen and oxygen atoms in total. The van der Waals surface area contributed by atoms with Gasteiger partial charge in [0, 0.05) is 23.9 Å². The molecule has 1 atom stereocenters. The largest absolute Gasteiger partial charge is 0.355 e. The van der Waals surface area contributed by atoms with E-state index < -0.39 is 5.82 Å². The van der Waals surface area contributed by atoms with Crippen molar-refractivity contribution in [1.29, 1.82) is 0 Å². The van der Waals surface area contributed by atoms with Gasteiger partial charge in [-0.2, -0.15) is 0 Å². The molecule has 1 amide bonds. The quantitative estimate of drug-likeness (QED) is 0.760. The first kappa shape index (κ1) is 10.7. The summed E-state index contributed by atoms with van der Waals surface area (Å²) in [5.41, 5.74) is 0.636. The van der Waals surface area contributed by atoms with Crippen LogP contribution in [0, 0.1) is 5.82 Å². The van der Waals surface area contributed by atoms with Crippen LogP contribution < -0.4 is 5.32 Å². The van der Waals surface area contributed by atoms with E-state index in [-0.39, 0.29) is 16.8 Å². The predicted molar refractivity (Wildman–Crippen MR) is 56.8 cm³/mol. The molecule has 0 aliphatic carbocycles. The van der Waals surface area contributed by atoms with Crippen LogP contribution in [0.25, 0.3) is 0 Å². The van der Waals surface area contributed by atoms with Gasteiger partial charge in [-0.15, -0.1) is 0 Å². The van der Waals surface area contributed by atoms with E-state index in [2.05, 4.69) is 5.32 Å². The van der Waals surface area contributed by atoms with E-state index in [1.807, 2.05) is 0 Å². The second kappa shape index (κ2) is 3.99. The zero-order valence-electron chi connectivity index (χ0n) is 7.69. The highest BCUT2D eigenvalue weighted by Gasteiger charge is 2.25. The molecule has 0 aromatic heterocycles. The van der Waals surface area contributed by atoms with Crippen molar-refractivity contribution < 1.29 is 9.18 Å². The van der Waals surface area contributed by atoms with E-state index in [0.29, 0.717) is 23.6 Å². The second-order valence-corrected chi connectivity index (χ2v) is 4.31. The lowest BCUT2D eigenvalue weighted by Gasteiger charge is -2.10. The molecule has 1 aromatic rings. The van der Waals surface area contributed by atoms with E-state index >= 15 is 0 Å². The van der Waals surface area contributed by atoms with Gasteiger partial charge in [-0.05, 0) is 17.7 Å². The van der Waals surface area contributed by atoms with E-state index in [9.17, 15) is 9.18 Å². The van der Waals surface area contributed by atoms with Gasteiger partial charge in [-0.3, -0.25) is 4.79 Å². The first-order valence-electron chi connectivity index (χ1n) is 4.49. The van der Waals surface area contributed by atoms with Gasteiger partial charge in [0.05, 0.1) is 5.02 Å². The number of amides is 1. The monoisotopic (exact) mass is 247 g/mol. The Labute approximate surface area is 96.4 Å². The third kappa shape index (κ3) is 2.08. The zero-order valence-corrected chi connectivity index (χ0v) is 9.20. The molecule has 1 unspecified atom stereocenters. The van der Waals surface area contributed by atoms with Gasteiger partial charge in [0.25, 0.3) is 0 Å². The van der Waals surface area contributed by atoms with Gasteiger partial charge < -0.3 is 5.32 Å². The lowest BCUT2D eigenvalue weighted by molar-refractivity contribution is -0.119. The van der Waals surface area contributed by atoms with E-state index in [1.54, 1.807) is 0 Å². The van der Waals surface area contributed by atoms with Crippen LogP contribution in [0.15, 0.2) is 12.1 Å². The number of hydrogen-bond donors (Lipinski definition) is 1. The van der Waals surface area contributed by atoms with E-state index in [4.69, 9.17) is 23.2 Å². The van der Waals surface area contributed by atoms with E-state index in [1.165, 1.54) is 12.1 Å². The van der Waals surface area contributed by atoms with Gasteiger partial charge in [-0.1, -0.05) is 23.2 Å². The van der Waals surface area contributed by atoms with Crippen molar-refractivity contribution >= 4 is 29.1 Å². The van der Waals surface area contributed by atoms with Crippen LogP contribution in [-0.4, -0.2) is 12.5 Å². The fourth-order valence-electron chi connectivity index (χ4n) is 1.68. The van der Waals surface area contributed by atoms with Crippen molar-refractivity contribution in [3.05, 3.63) is 33.6 Å². The van der Waals surface area contributed by atoms with Crippen molar-refractivity contribution in [3.63, 3.8) is 0 Å². The predicted octanol–water partition coefficient (Wildman–Crippen LogP) is 2.74.